The monoisotopic (exact) mass is 392 g/mol. The summed E-state index contributed by atoms with van der Waals surface area (Å²) < 4.78 is 0. The Morgan fingerprint density at radius 3 is 1.10 bits per heavy atom. The first-order chi connectivity index (χ1) is 14.4. The maximum absolute atomic E-state index is 4.37. The predicted molar refractivity (Wildman–Crippen MR) is 117 cm³/mol. The Kier molecular flexibility index (Phi) is 4.64. The molecule has 5 heteroatoms. The first-order valence-electron chi connectivity index (χ1n) is 9.20. The van der Waals surface area contributed by atoms with Gasteiger partial charge in [0.25, 0.3) is 0 Å². The van der Waals surface area contributed by atoms with Crippen LogP contribution in [0.2, 0.25) is 0 Å². The minimum atomic E-state index is 1.07. The molecular weight excluding hydrogens is 376 g/mol. The molecule has 0 radical (unpaired) electrons. The SMILES string of the molecule is c1cncc(-c2sc(-c3cccnc3)c(-c3cccnc3)c2-c2cccnc2)c1. The van der Waals surface area contributed by atoms with Crippen LogP contribution in [-0.4, -0.2) is 19.9 Å². The van der Waals surface area contributed by atoms with E-state index in [-0.39, 0.29) is 0 Å². The van der Waals surface area contributed by atoms with Crippen molar-refractivity contribution in [1.29, 1.82) is 0 Å². The molecule has 5 aromatic heterocycles. The van der Waals surface area contributed by atoms with Crippen LogP contribution in [0, 0.1) is 0 Å². The smallest absolute Gasteiger partial charge is 0.0450 e. The largest absolute Gasteiger partial charge is 0.264 e. The summed E-state index contributed by atoms with van der Waals surface area (Å²) in [7, 11) is 0. The molecule has 0 saturated heterocycles. The maximum Gasteiger partial charge on any atom is 0.0450 e. The van der Waals surface area contributed by atoms with Gasteiger partial charge in [0.2, 0.25) is 0 Å². The molecule has 5 aromatic rings. The second-order valence-electron chi connectivity index (χ2n) is 6.48. The van der Waals surface area contributed by atoms with Crippen LogP contribution >= 0.6 is 11.3 Å². The van der Waals surface area contributed by atoms with Gasteiger partial charge in [-0.15, -0.1) is 11.3 Å². The Morgan fingerprint density at radius 2 is 0.793 bits per heavy atom. The number of thiophene rings is 1. The summed E-state index contributed by atoms with van der Waals surface area (Å²) in [5.41, 5.74) is 6.58. The van der Waals surface area contributed by atoms with Crippen molar-refractivity contribution in [3.05, 3.63) is 98.1 Å². The van der Waals surface area contributed by atoms with Gasteiger partial charge in [-0.2, -0.15) is 0 Å². The molecule has 0 bridgehead atoms. The second-order valence-corrected chi connectivity index (χ2v) is 7.50. The topological polar surface area (TPSA) is 51.6 Å². The lowest BCUT2D eigenvalue weighted by molar-refractivity contribution is 1.32. The molecule has 0 fully saturated rings. The van der Waals surface area contributed by atoms with Gasteiger partial charge in [-0.05, 0) is 24.3 Å². The van der Waals surface area contributed by atoms with Gasteiger partial charge in [0.15, 0.2) is 0 Å². The van der Waals surface area contributed by atoms with Gasteiger partial charge in [0, 0.05) is 92.7 Å². The van der Waals surface area contributed by atoms with Gasteiger partial charge in [-0.25, -0.2) is 0 Å². The molecule has 0 aliphatic rings. The minimum absolute atomic E-state index is 1.07. The van der Waals surface area contributed by atoms with Crippen LogP contribution in [0.5, 0.6) is 0 Å². The van der Waals surface area contributed by atoms with E-state index in [1.807, 2.05) is 49.1 Å². The summed E-state index contributed by atoms with van der Waals surface area (Å²) >= 11 is 1.75. The Labute approximate surface area is 172 Å². The molecule has 4 nitrogen and oxygen atoms in total. The highest BCUT2D eigenvalue weighted by Gasteiger charge is 2.23. The van der Waals surface area contributed by atoms with Gasteiger partial charge in [-0.3, -0.25) is 19.9 Å². The molecule has 138 valence electrons. The lowest BCUT2D eigenvalue weighted by atomic mass is 9.93. The highest BCUT2D eigenvalue weighted by molar-refractivity contribution is 7.20. The lowest BCUT2D eigenvalue weighted by Crippen LogP contribution is -1.87. The average Bonchev–Trinajstić information content (AvgIpc) is 3.22. The third-order valence-corrected chi connectivity index (χ3v) is 5.94. The van der Waals surface area contributed by atoms with E-state index in [0.29, 0.717) is 0 Å². The first kappa shape index (κ1) is 17.4. The molecule has 0 aliphatic carbocycles. The molecule has 5 rings (SSSR count). The van der Waals surface area contributed by atoms with Crippen molar-refractivity contribution in [3.8, 4) is 43.1 Å². The number of pyridine rings is 4. The Morgan fingerprint density at radius 1 is 0.448 bits per heavy atom. The summed E-state index contributed by atoms with van der Waals surface area (Å²) in [6, 6.07) is 16.3. The van der Waals surface area contributed by atoms with Crippen LogP contribution < -0.4 is 0 Å². The van der Waals surface area contributed by atoms with Crippen LogP contribution in [0.4, 0.5) is 0 Å². The first-order valence-corrected chi connectivity index (χ1v) is 10.0. The summed E-state index contributed by atoms with van der Waals surface area (Å²) in [5, 5.41) is 0. The van der Waals surface area contributed by atoms with Gasteiger partial charge < -0.3 is 0 Å². The van der Waals surface area contributed by atoms with Crippen molar-refractivity contribution in [1.82, 2.24) is 19.9 Å². The number of aromatic nitrogens is 4. The molecule has 5 heterocycles. The van der Waals surface area contributed by atoms with Crippen LogP contribution in [-0.2, 0) is 0 Å². The third kappa shape index (κ3) is 3.32. The van der Waals surface area contributed by atoms with Crippen molar-refractivity contribution in [2.24, 2.45) is 0 Å². The summed E-state index contributed by atoms with van der Waals surface area (Å²) in [5.74, 6) is 0. The molecule has 0 spiro atoms. The fourth-order valence-electron chi connectivity index (χ4n) is 3.40. The van der Waals surface area contributed by atoms with Gasteiger partial charge in [0.1, 0.15) is 0 Å². The molecule has 0 N–H and O–H groups in total. The minimum Gasteiger partial charge on any atom is -0.264 e. The van der Waals surface area contributed by atoms with Crippen molar-refractivity contribution in [2.75, 3.05) is 0 Å². The average molecular weight is 392 g/mol. The van der Waals surface area contributed by atoms with E-state index in [2.05, 4.69) is 44.2 Å². The number of rotatable bonds is 4. The Balaban J connectivity index is 1.89. The van der Waals surface area contributed by atoms with Crippen molar-refractivity contribution >= 4 is 11.3 Å². The van der Waals surface area contributed by atoms with Crippen molar-refractivity contribution < 1.29 is 0 Å². The van der Waals surface area contributed by atoms with E-state index in [9.17, 15) is 0 Å². The number of nitrogens with zero attached hydrogens (tertiary/aromatic N) is 4. The van der Waals surface area contributed by atoms with E-state index in [1.165, 1.54) is 0 Å². The zero-order valence-electron chi connectivity index (χ0n) is 15.4. The summed E-state index contributed by atoms with van der Waals surface area (Å²) in [6.45, 7) is 0. The predicted octanol–water partition coefficient (Wildman–Crippen LogP) is 6.00. The van der Waals surface area contributed by atoms with Crippen LogP contribution in [0.3, 0.4) is 0 Å². The van der Waals surface area contributed by atoms with Gasteiger partial charge in [0.05, 0.1) is 0 Å². The molecule has 0 amide bonds. The highest BCUT2D eigenvalue weighted by atomic mass is 32.1. The fourth-order valence-corrected chi connectivity index (χ4v) is 4.73. The van der Waals surface area contributed by atoms with Gasteiger partial charge in [-0.1, -0.05) is 24.3 Å². The quantitative estimate of drug-likeness (QED) is 0.377. The van der Waals surface area contributed by atoms with Crippen molar-refractivity contribution in [2.45, 2.75) is 0 Å². The second kappa shape index (κ2) is 7.73. The fraction of sp³-hybridized carbons (Fsp3) is 0. The summed E-state index contributed by atoms with van der Waals surface area (Å²) in [4.78, 5) is 19.8. The van der Waals surface area contributed by atoms with Crippen LogP contribution in [0.1, 0.15) is 0 Å². The molecule has 0 saturated carbocycles. The van der Waals surface area contributed by atoms with Crippen LogP contribution in [0.15, 0.2) is 98.1 Å². The third-order valence-electron chi connectivity index (χ3n) is 4.66. The lowest BCUT2D eigenvalue weighted by Gasteiger charge is -2.10. The molecule has 0 aromatic carbocycles. The standard InChI is InChI=1S/C24H16N4S/c1-5-17(13-25-9-1)21-22(18-6-2-10-26-14-18)24(20-8-4-12-28-16-20)29-23(21)19-7-3-11-27-15-19/h1-16H. The zero-order valence-corrected chi connectivity index (χ0v) is 16.3. The summed E-state index contributed by atoms with van der Waals surface area (Å²) in [6.07, 6.45) is 14.8. The van der Waals surface area contributed by atoms with E-state index in [4.69, 9.17) is 0 Å². The van der Waals surface area contributed by atoms with E-state index >= 15 is 0 Å². The Bertz CT molecular complexity index is 1120. The number of hydrogen-bond donors (Lipinski definition) is 0. The molecule has 0 atom stereocenters. The molecular formula is C24H16N4S. The zero-order chi connectivity index (χ0) is 19.5. The van der Waals surface area contributed by atoms with Crippen molar-refractivity contribution in [3.63, 3.8) is 0 Å². The molecule has 0 aliphatic heterocycles. The number of hydrogen-bond acceptors (Lipinski definition) is 5. The molecule has 0 unspecified atom stereocenters. The highest BCUT2D eigenvalue weighted by Crippen LogP contribution is 2.51. The van der Waals surface area contributed by atoms with Gasteiger partial charge >= 0.3 is 0 Å². The van der Waals surface area contributed by atoms with E-state index < -0.39 is 0 Å². The molecule has 29 heavy (non-hydrogen) atoms. The normalized spacial score (nSPS) is 10.8. The van der Waals surface area contributed by atoms with Crippen LogP contribution in [0.25, 0.3) is 43.1 Å². The Hall–Kier alpha value is -3.70. The van der Waals surface area contributed by atoms with E-state index in [1.54, 1.807) is 36.1 Å². The maximum atomic E-state index is 4.37. The van der Waals surface area contributed by atoms with E-state index in [0.717, 1.165) is 43.1 Å².